The van der Waals surface area contributed by atoms with Crippen LogP contribution in [0.3, 0.4) is 0 Å². The fraction of sp³-hybridized carbons (Fsp3) is 0.450. The molecule has 3 fully saturated rings. The van der Waals surface area contributed by atoms with Crippen LogP contribution >= 0.6 is 11.3 Å². The van der Waals surface area contributed by atoms with Gasteiger partial charge in [-0.25, -0.2) is 14.2 Å². The summed E-state index contributed by atoms with van der Waals surface area (Å²) in [4.78, 5) is 36.7. The first-order chi connectivity index (χ1) is 24.8. The molecule has 0 spiro atoms. The lowest BCUT2D eigenvalue weighted by Gasteiger charge is -2.41. The lowest BCUT2D eigenvalue weighted by atomic mass is 10.0. The third-order valence-electron chi connectivity index (χ3n) is 11.9. The van der Waals surface area contributed by atoms with Gasteiger partial charge in [0.1, 0.15) is 5.82 Å². The minimum Gasteiger partial charge on any atom is -0.424 e. The summed E-state index contributed by atoms with van der Waals surface area (Å²) in [6.45, 7) is 7.44. The number of likely N-dealkylation sites (tertiary alicyclic amines) is 1. The van der Waals surface area contributed by atoms with Gasteiger partial charge in [-0.15, -0.1) is 11.3 Å². The topological polar surface area (TPSA) is 68.7 Å². The number of fused-ring (bicyclic) bond motifs is 1. The zero-order chi connectivity index (χ0) is 36.7. The van der Waals surface area contributed by atoms with Gasteiger partial charge in [0.05, 0.1) is 10.6 Å². The van der Waals surface area contributed by atoms with Crippen LogP contribution in [0, 0.1) is 11.7 Å². The quantitative estimate of drug-likeness (QED) is 0.115. The zero-order valence-electron chi connectivity index (χ0n) is 29.6. The van der Waals surface area contributed by atoms with Crippen molar-refractivity contribution < 1.29 is 27.2 Å². The largest absolute Gasteiger partial charge is 0.424 e. The van der Waals surface area contributed by atoms with E-state index in [4.69, 9.17) is 4.98 Å². The number of nitrogens with zero attached hydrogens (tertiary/aromatic N) is 3. The number of hydrogen-bond donors (Lipinski definition) is 2. The second-order valence-electron chi connectivity index (χ2n) is 15.4. The monoisotopic (exact) mass is 750 g/mol. The maximum absolute atomic E-state index is 14.0. The number of carbonyl (C=O) groups is 1. The molecule has 52 heavy (non-hydrogen) atoms. The average molecular weight is 751 g/mol. The molecule has 6 nitrogen and oxygen atoms in total. The van der Waals surface area contributed by atoms with Gasteiger partial charge in [-0.2, -0.15) is 13.2 Å². The van der Waals surface area contributed by atoms with Crippen LogP contribution in [0.2, 0.25) is 5.04 Å². The summed E-state index contributed by atoms with van der Waals surface area (Å²) in [6, 6.07) is 22.2. The molecular weight excluding hydrogens is 705 g/mol. The van der Waals surface area contributed by atoms with Crippen molar-refractivity contribution in [3.05, 3.63) is 106 Å². The lowest BCUT2D eigenvalue weighted by molar-refractivity contribution is -0.139. The molecule has 3 aromatic carbocycles. The minimum absolute atomic E-state index is 0.0626. The van der Waals surface area contributed by atoms with Gasteiger partial charge in [0.2, 0.25) is 0 Å². The normalized spacial score (nSPS) is 22.0. The van der Waals surface area contributed by atoms with E-state index in [1.54, 1.807) is 11.3 Å². The number of benzene rings is 3. The highest BCUT2D eigenvalue weighted by molar-refractivity contribution is 7.11. The molecule has 12 heteroatoms. The van der Waals surface area contributed by atoms with Crippen molar-refractivity contribution in [2.75, 3.05) is 31.5 Å². The van der Waals surface area contributed by atoms with E-state index in [0.29, 0.717) is 19.2 Å². The molecule has 0 bridgehead atoms. The second kappa shape index (κ2) is 14.3. The highest BCUT2D eigenvalue weighted by Gasteiger charge is 2.65. The van der Waals surface area contributed by atoms with Crippen LogP contribution in [0.25, 0.3) is 0 Å². The number of anilines is 1. The predicted molar refractivity (Wildman–Crippen MR) is 200 cm³/mol. The molecule has 7 rings (SSSR count). The van der Waals surface area contributed by atoms with Crippen molar-refractivity contribution in [3.63, 3.8) is 0 Å². The number of carbonyl (C=O) groups excluding carboxylic acids is 1. The number of urea groups is 1. The van der Waals surface area contributed by atoms with Crippen LogP contribution in [0.15, 0.2) is 85.1 Å². The van der Waals surface area contributed by atoms with Crippen molar-refractivity contribution in [2.24, 2.45) is 5.92 Å². The van der Waals surface area contributed by atoms with E-state index >= 15 is 0 Å². The molecule has 2 N–H and O–H groups in total. The molecular formula is C40H46F4N4O2SSi. The summed E-state index contributed by atoms with van der Waals surface area (Å²) in [5.41, 5.74) is -1.53. The average Bonchev–Trinajstić information content (AvgIpc) is 3.53. The maximum Gasteiger partial charge on any atom is 0.419 e. The van der Waals surface area contributed by atoms with E-state index in [1.807, 2.05) is 71.8 Å². The Hall–Kier alpha value is -3.58. The second-order valence-corrected chi connectivity index (χ2v) is 20.4. The van der Waals surface area contributed by atoms with Crippen LogP contribution in [0.4, 0.5) is 28.0 Å². The van der Waals surface area contributed by atoms with Crippen molar-refractivity contribution in [1.82, 2.24) is 14.8 Å². The number of aryl methyl sites for hydroxylation is 1. The standard InChI is InChI=1S/C40H46F4N4O2SSi/c1-38(2,52(50,29-11-5-3-6-12-29)30-13-7-4-8-14-30)19-18-36-45-27-35(51-36)39-20-17-34(32(39)26-39)48(24-23-47-21-9-10-22-47)37(49)46-28-15-16-33(41)31(25-28)40(42,43)44/h3-8,11-16,25,27,32,34,50H,9-10,17-24,26H2,1-2H3,(H,46,49)/t32-,34-,39+/m1/s1. The number of nitrogens with one attached hydrogen (secondary N) is 1. The molecule has 4 aromatic rings. The van der Waals surface area contributed by atoms with Crippen LogP contribution in [-0.2, 0) is 18.0 Å². The van der Waals surface area contributed by atoms with Crippen LogP contribution in [0.1, 0.15) is 67.8 Å². The fourth-order valence-corrected chi connectivity index (χ4v) is 13.7. The van der Waals surface area contributed by atoms with Crippen LogP contribution < -0.4 is 15.7 Å². The molecule has 0 radical (unpaired) electrons. The molecule has 276 valence electrons. The molecule has 3 aliphatic rings. The predicted octanol–water partition coefficient (Wildman–Crippen LogP) is 7.82. The van der Waals surface area contributed by atoms with E-state index in [2.05, 4.69) is 24.1 Å². The van der Waals surface area contributed by atoms with E-state index < -0.39 is 36.9 Å². The summed E-state index contributed by atoms with van der Waals surface area (Å²) < 4.78 is 54.3. The van der Waals surface area contributed by atoms with Gasteiger partial charge in [0.15, 0.2) is 0 Å². The zero-order valence-corrected chi connectivity index (χ0v) is 31.4. The Bertz CT molecular complexity index is 1830. The number of rotatable bonds is 12. The Balaban J connectivity index is 1.06. The first-order valence-corrected chi connectivity index (χ1v) is 21.0. The van der Waals surface area contributed by atoms with E-state index in [1.165, 1.54) is 10.9 Å². The molecule has 2 saturated carbocycles. The number of hydrogen-bond acceptors (Lipinski definition) is 5. The summed E-state index contributed by atoms with van der Waals surface area (Å²) in [7, 11) is -3.15. The first kappa shape index (κ1) is 36.8. The highest BCUT2D eigenvalue weighted by atomic mass is 32.1. The molecule has 1 aliphatic heterocycles. The van der Waals surface area contributed by atoms with Crippen molar-refractivity contribution in [1.29, 1.82) is 0 Å². The van der Waals surface area contributed by atoms with Gasteiger partial charge in [-0.3, -0.25) is 0 Å². The van der Waals surface area contributed by atoms with Crippen LogP contribution in [-0.4, -0.2) is 66.1 Å². The number of aromatic nitrogens is 1. The number of alkyl halides is 3. The minimum atomic E-state index is -4.87. The Labute approximate surface area is 308 Å². The summed E-state index contributed by atoms with van der Waals surface area (Å²) in [6.07, 6.45) is 3.49. The molecule has 2 heterocycles. The molecule has 0 unspecified atom stereocenters. The summed E-state index contributed by atoms with van der Waals surface area (Å²) in [5, 5.41) is 5.28. The van der Waals surface area contributed by atoms with Crippen molar-refractivity contribution >= 4 is 41.7 Å². The Morgan fingerprint density at radius 2 is 1.69 bits per heavy atom. The first-order valence-electron chi connectivity index (χ1n) is 18.3. The van der Waals surface area contributed by atoms with Gasteiger partial charge in [-0.1, -0.05) is 74.5 Å². The molecule has 2 aliphatic carbocycles. The van der Waals surface area contributed by atoms with Crippen molar-refractivity contribution in [2.45, 2.75) is 81.5 Å². The van der Waals surface area contributed by atoms with E-state index in [0.717, 1.165) is 79.5 Å². The number of thiazole rings is 1. The van der Waals surface area contributed by atoms with E-state index in [-0.39, 0.29) is 23.1 Å². The summed E-state index contributed by atoms with van der Waals surface area (Å²) in [5.74, 6) is -1.14. The lowest BCUT2D eigenvalue weighted by Crippen LogP contribution is -2.65. The highest BCUT2D eigenvalue weighted by Crippen LogP contribution is 2.66. The van der Waals surface area contributed by atoms with Gasteiger partial charge < -0.3 is 19.9 Å². The Morgan fingerprint density at radius 1 is 1.04 bits per heavy atom. The maximum atomic E-state index is 14.0. The van der Waals surface area contributed by atoms with Crippen molar-refractivity contribution in [3.8, 4) is 0 Å². The van der Waals surface area contributed by atoms with Crippen LogP contribution in [0.5, 0.6) is 0 Å². The smallest absolute Gasteiger partial charge is 0.419 e. The third kappa shape index (κ3) is 7.06. The number of halogens is 4. The molecule has 1 aromatic heterocycles. The van der Waals surface area contributed by atoms with Gasteiger partial charge >= 0.3 is 12.2 Å². The SMILES string of the molecule is CC(C)(CCc1ncc([C@]23CC[C@@H](N(CCN4CCCC4)C(=O)Nc4ccc(F)c(C(F)(F)F)c4)[C@H]2C3)s1)[Si](O)(c1ccccc1)c1ccccc1. The van der Waals surface area contributed by atoms with Gasteiger partial charge in [0.25, 0.3) is 8.32 Å². The molecule has 1 saturated heterocycles. The molecule has 3 atom stereocenters. The van der Waals surface area contributed by atoms with Gasteiger partial charge in [-0.05, 0) is 97.6 Å². The summed E-state index contributed by atoms with van der Waals surface area (Å²) >= 11 is 1.73. The molecule has 2 amide bonds. The van der Waals surface area contributed by atoms with Gasteiger partial charge in [0, 0.05) is 41.3 Å². The Kier molecular flexibility index (Phi) is 10.1. The third-order valence-corrected chi connectivity index (χ3v) is 17.7. The fourth-order valence-electron chi connectivity index (χ4n) is 8.76. The Morgan fingerprint density at radius 3 is 2.31 bits per heavy atom. The van der Waals surface area contributed by atoms with E-state index in [9.17, 15) is 27.2 Å². The number of amides is 2.